The second-order valence-electron chi connectivity index (χ2n) is 2.49. The maximum atomic E-state index is 12.3. The van der Waals surface area contributed by atoms with Gasteiger partial charge in [-0.3, -0.25) is 10.1 Å². The summed E-state index contributed by atoms with van der Waals surface area (Å²) in [4.78, 5) is 12.5. The summed E-state index contributed by atoms with van der Waals surface area (Å²) in [5, 5.41) is 19.0. The molecule has 2 N–H and O–H groups in total. The average molecular weight is 214 g/mol. The van der Waals surface area contributed by atoms with E-state index in [9.17, 15) is 18.9 Å². The highest BCUT2D eigenvalue weighted by molar-refractivity contribution is 5.65. The van der Waals surface area contributed by atoms with Gasteiger partial charge < -0.3 is 5.73 Å². The quantitative estimate of drug-likeness (QED) is 0.591. The van der Waals surface area contributed by atoms with Crippen LogP contribution < -0.4 is 5.73 Å². The number of alkyl halides is 2. The number of hydrogen-bond donors (Lipinski definition) is 1. The van der Waals surface area contributed by atoms with Crippen molar-refractivity contribution < 1.29 is 13.7 Å². The second kappa shape index (κ2) is 3.83. The number of hydrogen-bond acceptors (Lipinski definition) is 5. The summed E-state index contributed by atoms with van der Waals surface area (Å²) in [6, 6.07) is 1.40. The maximum absolute atomic E-state index is 12.3. The SMILES string of the molecule is N#Cc1c(N)cnc(C(F)F)c1[N+](=O)[O-]. The number of aromatic nitrogens is 1. The van der Waals surface area contributed by atoms with Crippen LogP contribution in [0.25, 0.3) is 0 Å². The summed E-state index contributed by atoms with van der Waals surface area (Å²) < 4.78 is 24.6. The van der Waals surface area contributed by atoms with Gasteiger partial charge in [-0.2, -0.15) is 5.26 Å². The summed E-state index contributed by atoms with van der Waals surface area (Å²) in [7, 11) is 0. The predicted molar refractivity (Wildman–Crippen MR) is 45.0 cm³/mol. The van der Waals surface area contributed by atoms with Crippen molar-refractivity contribution in [3.05, 3.63) is 27.6 Å². The molecule has 0 atom stereocenters. The summed E-state index contributed by atoms with van der Waals surface area (Å²) >= 11 is 0. The number of nitrogens with two attached hydrogens (primary N) is 1. The lowest BCUT2D eigenvalue weighted by Crippen LogP contribution is -2.05. The fourth-order valence-corrected chi connectivity index (χ4v) is 0.992. The molecular weight excluding hydrogens is 210 g/mol. The van der Waals surface area contributed by atoms with Gasteiger partial charge in [0.15, 0.2) is 11.3 Å². The Bertz CT molecular complexity index is 455. The number of anilines is 1. The fourth-order valence-electron chi connectivity index (χ4n) is 0.992. The third kappa shape index (κ3) is 1.80. The molecule has 0 unspecified atom stereocenters. The van der Waals surface area contributed by atoms with Crippen molar-refractivity contribution in [2.45, 2.75) is 6.43 Å². The van der Waals surface area contributed by atoms with E-state index >= 15 is 0 Å². The topological polar surface area (TPSA) is 106 Å². The van der Waals surface area contributed by atoms with Crippen molar-refractivity contribution >= 4 is 11.4 Å². The summed E-state index contributed by atoms with van der Waals surface area (Å²) in [6.07, 6.45) is -2.33. The Morgan fingerprint density at radius 3 is 2.67 bits per heavy atom. The predicted octanol–water partition coefficient (Wildman–Crippen LogP) is 1.38. The molecule has 15 heavy (non-hydrogen) atoms. The van der Waals surface area contributed by atoms with Gasteiger partial charge in [0.05, 0.1) is 16.8 Å². The minimum absolute atomic E-state index is 0.298. The van der Waals surface area contributed by atoms with Crippen LogP contribution in [-0.4, -0.2) is 9.91 Å². The maximum Gasteiger partial charge on any atom is 0.316 e. The molecule has 1 rings (SSSR count). The first kappa shape index (κ1) is 10.8. The Morgan fingerprint density at radius 2 is 2.27 bits per heavy atom. The lowest BCUT2D eigenvalue weighted by molar-refractivity contribution is -0.386. The molecule has 1 aromatic heterocycles. The van der Waals surface area contributed by atoms with Crippen LogP contribution in [-0.2, 0) is 0 Å². The molecule has 6 nitrogen and oxygen atoms in total. The summed E-state index contributed by atoms with van der Waals surface area (Å²) in [5.74, 6) is 0. The molecule has 1 heterocycles. The van der Waals surface area contributed by atoms with Crippen molar-refractivity contribution in [1.82, 2.24) is 4.98 Å². The van der Waals surface area contributed by atoms with Gasteiger partial charge in [-0.1, -0.05) is 0 Å². The molecule has 78 valence electrons. The highest BCUT2D eigenvalue weighted by atomic mass is 19.3. The summed E-state index contributed by atoms with van der Waals surface area (Å²) in [5.41, 5.74) is 2.23. The molecule has 0 radical (unpaired) electrons. The third-order valence-electron chi connectivity index (χ3n) is 1.61. The van der Waals surface area contributed by atoms with Crippen LogP contribution in [0, 0.1) is 21.4 Å². The fraction of sp³-hybridized carbons (Fsp3) is 0.143. The molecule has 0 amide bonds. The lowest BCUT2D eigenvalue weighted by Gasteiger charge is -2.03. The number of nitrogens with zero attached hydrogens (tertiary/aromatic N) is 3. The average Bonchev–Trinajstić information content (AvgIpc) is 2.16. The smallest absolute Gasteiger partial charge is 0.316 e. The van der Waals surface area contributed by atoms with E-state index in [1.165, 1.54) is 6.07 Å². The van der Waals surface area contributed by atoms with Crippen LogP contribution in [0.15, 0.2) is 6.20 Å². The van der Waals surface area contributed by atoms with Crippen molar-refractivity contribution in [2.75, 3.05) is 5.73 Å². The van der Waals surface area contributed by atoms with Crippen molar-refractivity contribution in [3.8, 4) is 6.07 Å². The minimum atomic E-state index is -3.13. The van der Waals surface area contributed by atoms with Crippen molar-refractivity contribution in [1.29, 1.82) is 5.26 Å². The normalized spacial score (nSPS) is 10.0. The monoisotopic (exact) mass is 214 g/mol. The molecule has 0 fully saturated rings. The van der Waals surface area contributed by atoms with E-state index in [-0.39, 0.29) is 5.69 Å². The van der Waals surface area contributed by atoms with E-state index in [0.717, 1.165) is 6.20 Å². The molecule has 0 spiro atoms. The number of pyridine rings is 1. The number of nitrogen functional groups attached to an aromatic ring is 1. The molecule has 0 aliphatic rings. The van der Waals surface area contributed by atoms with Gasteiger partial charge in [-0.15, -0.1) is 0 Å². The van der Waals surface area contributed by atoms with E-state index in [2.05, 4.69) is 4.98 Å². The standard InChI is InChI=1S/C7H4F2N4O2/c8-7(9)5-6(13(14)15)3(1-10)4(11)2-12-5/h2,7H,11H2. The van der Waals surface area contributed by atoms with Crippen molar-refractivity contribution in [2.24, 2.45) is 0 Å². The van der Waals surface area contributed by atoms with Gasteiger partial charge >= 0.3 is 5.69 Å². The highest BCUT2D eigenvalue weighted by Crippen LogP contribution is 2.32. The molecule has 0 aliphatic heterocycles. The Hall–Kier alpha value is -2.30. The van der Waals surface area contributed by atoms with E-state index < -0.39 is 28.3 Å². The highest BCUT2D eigenvalue weighted by Gasteiger charge is 2.29. The zero-order chi connectivity index (χ0) is 11.6. The van der Waals surface area contributed by atoms with Crippen LogP contribution in [0.4, 0.5) is 20.2 Å². The van der Waals surface area contributed by atoms with E-state index in [1.54, 1.807) is 0 Å². The second-order valence-corrected chi connectivity index (χ2v) is 2.49. The van der Waals surface area contributed by atoms with Gasteiger partial charge in [0.1, 0.15) is 6.07 Å². The molecule has 0 aromatic carbocycles. The molecule has 0 saturated heterocycles. The van der Waals surface area contributed by atoms with E-state index in [0.29, 0.717) is 0 Å². The Morgan fingerprint density at radius 1 is 1.67 bits per heavy atom. The Kier molecular flexibility index (Phi) is 2.75. The van der Waals surface area contributed by atoms with Crippen LogP contribution >= 0.6 is 0 Å². The van der Waals surface area contributed by atoms with Crippen LogP contribution in [0.2, 0.25) is 0 Å². The first-order valence-corrected chi connectivity index (χ1v) is 3.60. The molecule has 0 saturated carbocycles. The third-order valence-corrected chi connectivity index (χ3v) is 1.61. The van der Waals surface area contributed by atoms with Gasteiger partial charge in [-0.25, -0.2) is 13.8 Å². The van der Waals surface area contributed by atoms with Gasteiger partial charge in [0, 0.05) is 0 Å². The zero-order valence-electron chi connectivity index (χ0n) is 7.15. The molecule has 0 bridgehead atoms. The molecule has 8 heteroatoms. The minimum Gasteiger partial charge on any atom is -0.396 e. The van der Waals surface area contributed by atoms with Crippen LogP contribution in [0.1, 0.15) is 17.7 Å². The summed E-state index contributed by atoms with van der Waals surface area (Å²) in [6.45, 7) is 0. The largest absolute Gasteiger partial charge is 0.396 e. The van der Waals surface area contributed by atoms with Gasteiger partial charge in [0.2, 0.25) is 0 Å². The Labute approximate surface area is 82.1 Å². The van der Waals surface area contributed by atoms with Crippen molar-refractivity contribution in [3.63, 3.8) is 0 Å². The zero-order valence-corrected chi connectivity index (χ0v) is 7.15. The lowest BCUT2D eigenvalue weighted by atomic mass is 10.1. The number of nitro groups is 1. The molecular formula is C7H4F2N4O2. The number of rotatable bonds is 2. The van der Waals surface area contributed by atoms with E-state index in [1.807, 2.05) is 0 Å². The number of halogens is 2. The van der Waals surface area contributed by atoms with Gasteiger partial charge in [-0.05, 0) is 0 Å². The Balaban J connectivity index is 3.58. The van der Waals surface area contributed by atoms with Crippen LogP contribution in [0.5, 0.6) is 0 Å². The first-order valence-electron chi connectivity index (χ1n) is 3.60. The first-order chi connectivity index (χ1) is 6.99. The van der Waals surface area contributed by atoms with E-state index in [4.69, 9.17) is 11.0 Å². The molecule has 1 aromatic rings. The number of nitriles is 1. The molecule has 0 aliphatic carbocycles. The van der Waals surface area contributed by atoms with Gasteiger partial charge in [0.25, 0.3) is 6.43 Å². The van der Waals surface area contributed by atoms with Crippen LogP contribution in [0.3, 0.4) is 0 Å².